The number of aryl methyl sites for hydroxylation is 3. The van der Waals surface area contributed by atoms with Gasteiger partial charge < -0.3 is 14.2 Å². The van der Waals surface area contributed by atoms with E-state index in [1.54, 1.807) is 4.90 Å². The Morgan fingerprint density at radius 2 is 1.69 bits per heavy atom. The Bertz CT molecular complexity index is 2100. The first-order chi connectivity index (χ1) is 26.4. The monoisotopic (exact) mass is 742 g/mol. The lowest BCUT2D eigenvalue weighted by atomic mass is 9.95. The number of hydrogen-bond donors (Lipinski definition) is 0. The average molecular weight is 743 g/mol. The van der Waals surface area contributed by atoms with Crippen LogP contribution in [0.4, 0.5) is 10.5 Å². The molecule has 8 rings (SSSR count). The van der Waals surface area contributed by atoms with Gasteiger partial charge in [-0.3, -0.25) is 19.6 Å². The lowest BCUT2D eigenvalue weighted by Crippen LogP contribution is -2.62. The zero-order chi connectivity index (χ0) is 37.0. The molecule has 0 unspecified atom stereocenters. The number of anilines is 1. The van der Waals surface area contributed by atoms with Crippen LogP contribution in [0.2, 0.25) is 5.02 Å². The summed E-state index contributed by atoms with van der Waals surface area (Å²) in [5.74, 6) is -0.147. The van der Waals surface area contributed by atoms with Gasteiger partial charge >= 0.3 is 6.09 Å². The first-order valence-electron chi connectivity index (χ1n) is 19.3. The van der Waals surface area contributed by atoms with Crippen LogP contribution in [-0.2, 0) is 35.5 Å². The number of halogens is 1. The van der Waals surface area contributed by atoms with Crippen molar-refractivity contribution in [2.24, 2.45) is 0 Å². The molecule has 9 nitrogen and oxygen atoms in total. The minimum Gasteiger partial charge on any atom is -0.446 e. The summed E-state index contributed by atoms with van der Waals surface area (Å²) >= 11 is 6.55. The van der Waals surface area contributed by atoms with E-state index in [0.29, 0.717) is 37.7 Å². The Labute approximate surface area is 322 Å². The van der Waals surface area contributed by atoms with E-state index in [1.165, 1.54) is 11.1 Å². The SMILES string of the molecule is Cc1cn(Cc2cccc(N(Cc3ccccc3)C(=O)[C@H]3CN([C@@H]4c5ccc(Cl)cc5CCc5cccnc54)CCN3C(=O)OC3CCCCC3)c2)cn1. The van der Waals surface area contributed by atoms with Crippen molar-refractivity contribution in [1.29, 1.82) is 0 Å². The second-order valence-electron chi connectivity index (χ2n) is 14.9. The Morgan fingerprint density at radius 1 is 0.870 bits per heavy atom. The second kappa shape index (κ2) is 16.2. The van der Waals surface area contributed by atoms with Gasteiger partial charge in [-0.2, -0.15) is 0 Å². The van der Waals surface area contributed by atoms with Gasteiger partial charge in [-0.15, -0.1) is 0 Å². The van der Waals surface area contributed by atoms with Crippen LogP contribution in [0.3, 0.4) is 0 Å². The van der Waals surface area contributed by atoms with E-state index in [0.717, 1.165) is 78.7 Å². The number of pyridine rings is 1. The Morgan fingerprint density at radius 3 is 2.50 bits per heavy atom. The normalized spacial score (nSPS) is 19.0. The summed E-state index contributed by atoms with van der Waals surface area (Å²) in [5.41, 5.74) is 8.28. The van der Waals surface area contributed by atoms with Crippen molar-refractivity contribution < 1.29 is 14.3 Å². The van der Waals surface area contributed by atoms with Gasteiger partial charge in [-0.1, -0.05) is 72.6 Å². The minimum absolute atomic E-state index is 0.126. The molecule has 3 heterocycles. The quantitative estimate of drug-likeness (QED) is 0.160. The molecule has 0 radical (unpaired) electrons. The van der Waals surface area contributed by atoms with E-state index in [4.69, 9.17) is 21.3 Å². The molecule has 1 aliphatic heterocycles. The standard InChI is InChI=1S/C44H47ClN6O3/c1-31-26-48(30-47-31)27-33-12-8-14-37(24-33)51(28-32-10-4-2-5-11-32)43(52)40-29-49(22-23-50(40)44(53)54-38-15-6-3-7-16-38)42-39-20-19-36(45)25-35(39)18-17-34-13-9-21-46-41(34)42/h2,4-5,8-14,19-21,24-26,30,38,40,42H,3,6-7,15-18,22-23,27-29H2,1H3/t40-,42-/m1/s1. The topological polar surface area (TPSA) is 83.8 Å². The molecule has 0 bridgehead atoms. The number of piperazine rings is 1. The van der Waals surface area contributed by atoms with Crippen LogP contribution in [0.1, 0.15) is 77.4 Å². The van der Waals surface area contributed by atoms with Gasteiger partial charge in [-0.25, -0.2) is 9.78 Å². The molecule has 1 saturated carbocycles. The highest BCUT2D eigenvalue weighted by atomic mass is 35.5. The zero-order valence-corrected chi connectivity index (χ0v) is 31.6. The molecule has 3 aliphatic rings. The van der Waals surface area contributed by atoms with Crippen LogP contribution >= 0.6 is 11.6 Å². The maximum absolute atomic E-state index is 15.4. The summed E-state index contributed by atoms with van der Waals surface area (Å²) in [4.78, 5) is 44.9. The molecule has 2 fully saturated rings. The molecule has 5 aromatic rings. The summed E-state index contributed by atoms with van der Waals surface area (Å²) in [6.45, 7) is 4.18. The van der Waals surface area contributed by atoms with Gasteiger partial charge in [0.15, 0.2) is 0 Å². The number of aromatic nitrogens is 3. The summed E-state index contributed by atoms with van der Waals surface area (Å²) in [5, 5.41) is 0.705. The van der Waals surface area contributed by atoms with Crippen LogP contribution < -0.4 is 4.90 Å². The molecule has 2 aromatic heterocycles. The van der Waals surface area contributed by atoms with E-state index in [-0.39, 0.29) is 18.1 Å². The molecule has 1 saturated heterocycles. The van der Waals surface area contributed by atoms with Gasteiger partial charge in [0.1, 0.15) is 12.1 Å². The highest BCUT2D eigenvalue weighted by Crippen LogP contribution is 2.38. The molecule has 10 heteroatoms. The fourth-order valence-electron chi connectivity index (χ4n) is 8.45. The molecule has 0 spiro atoms. The molecular weight excluding hydrogens is 696 g/mol. The molecule has 0 N–H and O–H groups in total. The molecule has 278 valence electrons. The maximum atomic E-state index is 15.4. The van der Waals surface area contributed by atoms with Crippen LogP contribution in [0.5, 0.6) is 0 Å². The van der Waals surface area contributed by atoms with E-state index < -0.39 is 12.1 Å². The van der Waals surface area contributed by atoms with Crippen molar-refractivity contribution in [2.75, 3.05) is 24.5 Å². The summed E-state index contributed by atoms with van der Waals surface area (Å²) in [6, 6.07) is 27.4. The first-order valence-corrected chi connectivity index (χ1v) is 19.6. The van der Waals surface area contributed by atoms with Crippen LogP contribution in [-0.4, -0.2) is 68.1 Å². The van der Waals surface area contributed by atoms with E-state index in [1.807, 2.05) is 89.7 Å². The van der Waals surface area contributed by atoms with E-state index in [9.17, 15) is 4.79 Å². The van der Waals surface area contributed by atoms with Gasteiger partial charge in [0, 0.05) is 49.3 Å². The fourth-order valence-corrected chi connectivity index (χ4v) is 8.64. The molecule has 54 heavy (non-hydrogen) atoms. The zero-order valence-electron chi connectivity index (χ0n) is 30.8. The van der Waals surface area contributed by atoms with Crippen LogP contribution in [0, 0.1) is 6.92 Å². The summed E-state index contributed by atoms with van der Waals surface area (Å²) < 4.78 is 8.24. The van der Waals surface area contributed by atoms with Crippen LogP contribution in [0.15, 0.2) is 104 Å². The number of amides is 2. The Hall–Kier alpha value is -4.99. The summed E-state index contributed by atoms with van der Waals surface area (Å²) in [7, 11) is 0. The lowest BCUT2D eigenvalue weighted by Gasteiger charge is -2.45. The molecule has 2 atom stereocenters. The number of rotatable bonds is 8. The van der Waals surface area contributed by atoms with E-state index in [2.05, 4.69) is 40.2 Å². The predicted molar refractivity (Wildman–Crippen MR) is 211 cm³/mol. The predicted octanol–water partition coefficient (Wildman–Crippen LogP) is 8.17. The third-order valence-electron chi connectivity index (χ3n) is 11.2. The van der Waals surface area contributed by atoms with Gasteiger partial charge in [0.25, 0.3) is 5.91 Å². The Balaban J connectivity index is 1.17. The molecule has 3 aromatic carbocycles. The minimum atomic E-state index is -0.801. The maximum Gasteiger partial charge on any atom is 0.410 e. The molecular formula is C44H47ClN6O3. The van der Waals surface area contributed by atoms with Crippen molar-refractivity contribution in [3.8, 4) is 0 Å². The first kappa shape index (κ1) is 36.0. The largest absolute Gasteiger partial charge is 0.446 e. The number of carbonyl (C=O) groups excluding carboxylic acids is 2. The van der Waals surface area contributed by atoms with Crippen molar-refractivity contribution in [1.82, 2.24) is 24.3 Å². The van der Waals surface area contributed by atoms with Gasteiger partial charge in [0.05, 0.1) is 30.3 Å². The van der Waals surface area contributed by atoms with Gasteiger partial charge in [0.2, 0.25) is 0 Å². The third kappa shape index (κ3) is 7.93. The van der Waals surface area contributed by atoms with Gasteiger partial charge in [-0.05, 0) is 104 Å². The third-order valence-corrected chi connectivity index (χ3v) is 11.4. The summed E-state index contributed by atoms with van der Waals surface area (Å²) in [6.07, 6.45) is 11.8. The average Bonchev–Trinajstić information content (AvgIpc) is 3.53. The van der Waals surface area contributed by atoms with Crippen molar-refractivity contribution in [3.63, 3.8) is 0 Å². The smallest absolute Gasteiger partial charge is 0.410 e. The second-order valence-corrected chi connectivity index (χ2v) is 15.3. The van der Waals surface area contributed by atoms with Crippen molar-refractivity contribution in [3.05, 3.63) is 148 Å². The molecule has 2 aliphatic carbocycles. The number of hydrogen-bond acceptors (Lipinski definition) is 6. The lowest BCUT2D eigenvalue weighted by molar-refractivity contribution is -0.126. The number of benzene rings is 3. The fraction of sp³-hybridized carbons (Fsp3) is 0.364. The van der Waals surface area contributed by atoms with E-state index >= 15 is 4.79 Å². The number of fused-ring (bicyclic) bond motifs is 2. The number of ether oxygens (including phenoxy) is 1. The Kier molecular flexibility index (Phi) is 10.8. The van der Waals surface area contributed by atoms with Crippen molar-refractivity contribution in [2.45, 2.75) is 83.1 Å². The highest BCUT2D eigenvalue weighted by molar-refractivity contribution is 6.30. The molecule has 2 amide bonds. The number of nitrogens with zero attached hydrogens (tertiary/aromatic N) is 6. The van der Waals surface area contributed by atoms with Crippen molar-refractivity contribution >= 4 is 29.3 Å². The van der Waals surface area contributed by atoms with Crippen LogP contribution in [0.25, 0.3) is 0 Å². The number of imidazole rings is 1. The highest BCUT2D eigenvalue weighted by Gasteiger charge is 2.43. The number of carbonyl (C=O) groups is 2.